The van der Waals surface area contributed by atoms with Crippen LogP contribution in [0.15, 0.2) is 12.1 Å². The van der Waals surface area contributed by atoms with E-state index >= 15 is 0 Å². The first-order valence-corrected chi connectivity index (χ1v) is 4.44. The standard InChI is InChI=1S/C9H10ClN3/c1-5-6(10)2-3-7-9(5)8(4-11)13-12-7/h2-3H,4,11H2,1H3,(H,12,13). The van der Waals surface area contributed by atoms with Crippen LogP contribution in [0.3, 0.4) is 0 Å². The highest BCUT2D eigenvalue weighted by molar-refractivity contribution is 6.32. The normalized spacial score (nSPS) is 11.0. The molecule has 0 atom stereocenters. The van der Waals surface area contributed by atoms with Crippen LogP contribution in [-0.4, -0.2) is 10.2 Å². The highest BCUT2D eigenvalue weighted by atomic mass is 35.5. The lowest BCUT2D eigenvalue weighted by Crippen LogP contribution is -1.97. The molecule has 3 nitrogen and oxygen atoms in total. The summed E-state index contributed by atoms with van der Waals surface area (Å²) in [6.07, 6.45) is 0. The van der Waals surface area contributed by atoms with Gasteiger partial charge in [-0.05, 0) is 24.6 Å². The van der Waals surface area contributed by atoms with E-state index in [-0.39, 0.29) is 0 Å². The van der Waals surface area contributed by atoms with E-state index in [2.05, 4.69) is 10.2 Å². The quantitative estimate of drug-likeness (QED) is 0.731. The number of aromatic amines is 1. The lowest BCUT2D eigenvalue weighted by Gasteiger charge is -1.99. The van der Waals surface area contributed by atoms with Gasteiger partial charge in [-0.25, -0.2) is 0 Å². The maximum Gasteiger partial charge on any atom is 0.0839 e. The molecule has 0 amide bonds. The van der Waals surface area contributed by atoms with Crippen molar-refractivity contribution >= 4 is 22.5 Å². The van der Waals surface area contributed by atoms with Gasteiger partial charge in [-0.15, -0.1) is 0 Å². The molecule has 68 valence electrons. The fraction of sp³-hybridized carbons (Fsp3) is 0.222. The third kappa shape index (κ3) is 1.20. The van der Waals surface area contributed by atoms with Crippen molar-refractivity contribution in [3.05, 3.63) is 28.4 Å². The van der Waals surface area contributed by atoms with Crippen molar-refractivity contribution in [2.45, 2.75) is 13.5 Å². The van der Waals surface area contributed by atoms with E-state index < -0.39 is 0 Å². The first kappa shape index (κ1) is 8.53. The zero-order valence-corrected chi connectivity index (χ0v) is 8.02. The van der Waals surface area contributed by atoms with E-state index in [9.17, 15) is 0 Å². The Labute approximate surface area is 80.9 Å². The van der Waals surface area contributed by atoms with Crippen molar-refractivity contribution in [1.82, 2.24) is 10.2 Å². The first-order chi connectivity index (χ1) is 6.24. The summed E-state index contributed by atoms with van der Waals surface area (Å²) < 4.78 is 0. The predicted molar refractivity (Wildman–Crippen MR) is 53.7 cm³/mol. The van der Waals surface area contributed by atoms with Gasteiger partial charge in [0.1, 0.15) is 0 Å². The third-order valence-corrected chi connectivity index (χ3v) is 2.60. The SMILES string of the molecule is Cc1c(Cl)ccc2[nH]nc(CN)c12. The summed E-state index contributed by atoms with van der Waals surface area (Å²) in [4.78, 5) is 0. The molecule has 0 aliphatic heterocycles. The Kier molecular flexibility index (Phi) is 1.98. The van der Waals surface area contributed by atoms with Gasteiger partial charge < -0.3 is 5.73 Å². The van der Waals surface area contributed by atoms with Gasteiger partial charge in [0.2, 0.25) is 0 Å². The van der Waals surface area contributed by atoms with Crippen LogP contribution in [0.4, 0.5) is 0 Å². The fourth-order valence-corrected chi connectivity index (χ4v) is 1.64. The number of hydrogen-bond acceptors (Lipinski definition) is 2. The molecule has 0 saturated carbocycles. The van der Waals surface area contributed by atoms with Crippen molar-refractivity contribution in [1.29, 1.82) is 0 Å². The molecular formula is C9H10ClN3. The second-order valence-electron chi connectivity index (χ2n) is 2.97. The summed E-state index contributed by atoms with van der Waals surface area (Å²) in [5, 5.41) is 8.83. The van der Waals surface area contributed by atoms with Gasteiger partial charge in [0, 0.05) is 17.0 Å². The lowest BCUT2D eigenvalue weighted by molar-refractivity contribution is 0.958. The second-order valence-corrected chi connectivity index (χ2v) is 3.38. The average Bonchev–Trinajstić information content (AvgIpc) is 2.55. The van der Waals surface area contributed by atoms with Crippen LogP contribution >= 0.6 is 11.6 Å². The Morgan fingerprint density at radius 2 is 2.31 bits per heavy atom. The number of nitrogens with zero attached hydrogens (tertiary/aromatic N) is 1. The molecule has 2 rings (SSSR count). The van der Waals surface area contributed by atoms with Crippen LogP contribution in [0.1, 0.15) is 11.3 Å². The molecule has 2 aromatic rings. The minimum absolute atomic E-state index is 0.432. The van der Waals surface area contributed by atoms with E-state index in [1.165, 1.54) is 0 Å². The van der Waals surface area contributed by atoms with Gasteiger partial charge in [0.05, 0.1) is 11.2 Å². The molecule has 0 spiro atoms. The molecule has 0 bridgehead atoms. The molecule has 3 N–H and O–H groups in total. The third-order valence-electron chi connectivity index (χ3n) is 2.19. The Hall–Kier alpha value is -1.06. The maximum atomic E-state index is 5.99. The minimum atomic E-state index is 0.432. The number of nitrogens with two attached hydrogens (primary N) is 1. The van der Waals surface area contributed by atoms with E-state index in [0.717, 1.165) is 27.2 Å². The molecule has 1 aromatic heterocycles. The molecule has 1 heterocycles. The van der Waals surface area contributed by atoms with Gasteiger partial charge in [-0.1, -0.05) is 11.6 Å². The number of halogens is 1. The first-order valence-electron chi connectivity index (χ1n) is 4.06. The second kappa shape index (κ2) is 3.01. The van der Waals surface area contributed by atoms with Gasteiger partial charge >= 0.3 is 0 Å². The van der Waals surface area contributed by atoms with Gasteiger partial charge in [-0.2, -0.15) is 5.10 Å². The van der Waals surface area contributed by atoms with Crippen molar-refractivity contribution in [3.63, 3.8) is 0 Å². The molecular weight excluding hydrogens is 186 g/mol. The molecule has 1 aromatic carbocycles. The topological polar surface area (TPSA) is 54.7 Å². The average molecular weight is 196 g/mol. The summed E-state index contributed by atoms with van der Waals surface area (Å²) in [6.45, 7) is 2.40. The summed E-state index contributed by atoms with van der Waals surface area (Å²) in [5.41, 5.74) is 8.45. The van der Waals surface area contributed by atoms with Gasteiger partial charge in [-0.3, -0.25) is 5.10 Å². The van der Waals surface area contributed by atoms with Crippen LogP contribution in [-0.2, 0) is 6.54 Å². The molecule has 13 heavy (non-hydrogen) atoms. The molecule has 0 aliphatic rings. The number of H-pyrrole nitrogens is 1. The van der Waals surface area contributed by atoms with Crippen LogP contribution in [0.25, 0.3) is 10.9 Å². The Bertz CT molecular complexity index is 447. The maximum absolute atomic E-state index is 5.99. The molecule has 4 heteroatoms. The van der Waals surface area contributed by atoms with E-state index in [4.69, 9.17) is 17.3 Å². The fourth-order valence-electron chi connectivity index (χ4n) is 1.48. The van der Waals surface area contributed by atoms with Crippen LogP contribution in [0, 0.1) is 6.92 Å². The van der Waals surface area contributed by atoms with Crippen molar-refractivity contribution < 1.29 is 0 Å². The molecule has 0 fully saturated rings. The molecule has 0 aliphatic carbocycles. The molecule has 0 saturated heterocycles. The highest BCUT2D eigenvalue weighted by Gasteiger charge is 2.08. The summed E-state index contributed by atoms with van der Waals surface area (Å²) in [7, 11) is 0. The molecule has 0 unspecified atom stereocenters. The number of benzene rings is 1. The van der Waals surface area contributed by atoms with Crippen LogP contribution in [0.2, 0.25) is 5.02 Å². The van der Waals surface area contributed by atoms with E-state index in [1.54, 1.807) is 0 Å². The van der Waals surface area contributed by atoms with E-state index in [1.807, 2.05) is 19.1 Å². The Balaban J connectivity index is 2.85. The number of fused-ring (bicyclic) bond motifs is 1. The lowest BCUT2D eigenvalue weighted by atomic mass is 10.1. The number of hydrogen-bond donors (Lipinski definition) is 2. The highest BCUT2D eigenvalue weighted by Crippen LogP contribution is 2.26. The van der Waals surface area contributed by atoms with Crippen molar-refractivity contribution in [3.8, 4) is 0 Å². The van der Waals surface area contributed by atoms with Gasteiger partial charge in [0.25, 0.3) is 0 Å². The number of rotatable bonds is 1. The largest absolute Gasteiger partial charge is 0.325 e. The van der Waals surface area contributed by atoms with Gasteiger partial charge in [0.15, 0.2) is 0 Å². The van der Waals surface area contributed by atoms with Crippen molar-refractivity contribution in [2.24, 2.45) is 5.73 Å². The van der Waals surface area contributed by atoms with Crippen LogP contribution < -0.4 is 5.73 Å². The smallest absolute Gasteiger partial charge is 0.0839 e. The van der Waals surface area contributed by atoms with Crippen molar-refractivity contribution in [2.75, 3.05) is 0 Å². The minimum Gasteiger partial charge on any atom is -0.325 e. The predicted octanol–water partition coefficient (Wildman–Crippen LogP) is 1.98. The Morgan fingerprint density at radius 1 is 1.54 bits per heavy atom. The number of nitrogens with one attached hydrogen (secondary N) is 1. The summed E-state index contributed by atoms with van der Waals surface area (Å²) in [6, 6.07) is 3.77. The molecule has 0 radical (unpaired) electrons. The summed E-state index contributed by atoms with van der Waals surface area (Å²) >= 11 is 5.99. The Morgan fingerprint density at radius 3 is 3.00 bits per heavy atom. The summed E-state index contributed by atoms with van der Waals surface area (Å²) in [5.74, 6) is 0. The number of aryl methyl sites for hydroxylation is 1. The monoisotopic (exact) mass is 195 g/mol. The number of aromatic nitrogens is 2. The zero-order chi connectivity index (χ0) is 9.42. The van der Waals surface area contributed by atoms with Crippen LogP contribution in [0.5, 0.6) is 0 Å². The zero-order valence-electron chi connectivity index (χ0n) is 7.26. The van der Waals surface area contributed by atoms with E-state index in [0.29, 0.717) is 6.54 Å².